The van der Waals surface area contributed by atoms with Crippen molar-refractivity contribution in [2.45, 2.75) is 5.37 Å². The van der Waals surface area contributed by atoms with Crippen LogP contribution in [0.25, 0.3) is 0 Å². The van der Waals surface area contributed by atoms with Crippen LogP contribution in [0.1, 0.15) is 21.3 Å². The van der Waals surface area contributed by atoms with Crippen molar-refractivity contribution in [3.63, 3.8) is 0 Å². The third-order valence-corrected chi connectivity index (χ3v) is 4.97. The van der Waals surface area contributed by atoms with E-state index in [4.69, 9.17) is 12.2 Å². The number of nitrogens with one attached hydrogen (secondary N) is 2. The number of hydrazine groups is 1. The number of carboxylic acid groups (broad SMARTS) is 1. The van der Waals surface area contributed by atoms with Crippen molar-refractivity contribution in [2.75, 3.05) is 11.1 Å². The number of hydrogen-bond acceptors (Lipinski definition) is 4. The van der Waals surface area contributed by atoms with Crippen LogP contribution in [-0.2, 0) is 4.79 Å². The average molecular weight is 373 g/mol. The SMILES string of the molecule is O=C(O)c1ccccc1C1SCC(=O)N1NC(=S)Nc1ccccc1. The largest absolute Gasteiger partial charge is 0.478 e. The van der Waals surface area contributed by atoms with Crippen LogP contribution in [0, 0.1) is 0 Å². The van der Waals surface area contributed by atoms with E-state index in [0.29, 0.717) is 5.56 Å². The summed E-state index contributed by atoms with van der Waals surface area (Å²) in [7, 11) is 0. The fourth-order valence-electron chi connectivity index (χ4n) is 2.47. The summed E-state index contributed by atoms with van der Waals surface area (Å²) in [5.41, 5.74) is 4.40. The van der Waals surface area contributed by atoms with Crippen LogP contribution in [-0.4, -0.2) is 32.9 Å². The second-order valence-corrected chi connectivity index (χ2v) is 6.73. The van der Waals surface area contributed by atoms with E-state index in [1.807, 2.05) is 30.3 Å². The van der Waals surface area contributed by atoms with E-state index < -0.39 is 11.3 Å². The molecule has 0 aromatic heterocycles. The average Bonchev–Trinajstić information content (AvgIpc) is 2.96. The molecule has 0 bridgehead atoms. The van der Waals surface area contributed by atoms with E-state index in [1.54, 1.807) is 18.2 Å². The lowest BCUT2D eigenvalue weighted by atomic mass is 10.1. The van der Waals surface area contributed by atoms with Crippen LogP contribution in [0.5, 0.6) is 0 Å². The van der Waals surface area contributed by atoms with Crippen LogP contribution < -0.4 is 10.7 Å². The van der Waals surface area contributed by atoms with Crippen molar-refractivity contribution in [1.29, 1.82) is 0 Å². The standard InChI is InChI=1S/C17H15N3O3S2/c21-14-10-25-15(12-8-4-5-9-13(12)16(22)23)20(14)19-17(24)18-11-6-2-1-3-7-11/h1-9,15H,10H2,(H,22,23)(H2,18,19,24). The maximum absolute atomic E-state index is 12.2. The summed E-state index contributed by atoms with van der Waals surface area (Å²) < 4.78 is 0. The fourth-order valence-corrected chi connectivity index (χ4v) is 3.83. The Bertz CT molecular complexity index is 814. The molecule has 1 atom stereocenters. The molecule has 3 rings (SSSR count). The summed E-state index contributed by atoms with van der Waals surface area (Å²) in [4.78, 5) is 23.7. The molecule has 0 radical (unpaired) electrons. The Morgan fingerprint density at radius 2 is 1.84 bits per heavy atom. The first-order valence-corrected chi connectivity index (χ1v) is 8.90. The topological polar surface area (TPSA) is 81.7 Å². The second kappa shape index (κ2) is 7.54. The van der Waals surface area contributed by atoms with Crippen LogP contribution in [0.4, 0.5) is 5.69 Å². The Labute approximate surface area is 154 Å². The summed E-state index contributed by atoms with van der Waals surface area (Å²) in [6.07, 6.45) is 0. The predicted octanol–water partition coefficient (Wildman–Crippen LogP) is 2.86. The number of rotatable bonds is 4. The lowest BCUT2D eigenvalue weighted by Crippen LogP contribution is -2.46. The first-order chi connectivity index (χ1) is 12.1. The highest BCUT2D eigenvalue weighted by Gasteiger charge is 2.35. The van der Waals surface area contributed by atoms with E-state index in [-0.39, 0.29) is 22.3 Å². The van der Waals surface area contributed by atoms with Gasteiger partial charge in [0, 0.05) is 11.3 Å². The Morgan fingerprint density at radius 1 is 1.16 bits per heavy atom. The molecule has 1 saturated heterocycles. The quantitative estimate of drug-likeness (QED) is 0.711. The van der Waals surface area contributed by atoms with Gasteiger partial charge in [-0.3, -0.25) is 10.2 Å². The Hall–Kier alpha value is -2.58. The molecule has 1 amide bonds. The van der Waals surface area contributed by atoms with Crippen molar-refractivity contribution in [1.82, 2.24) is 10.4 Å². The number of para-hydroxylation sites is 1. The van der Waals surface area contributed by atoms with Crippen molar-refractivity contribution < 1.29 is 14.7 Å². The van der Waals surface area contributed by atoms with Crippen LogP contribution in [0.3, 0.4) is 0 Å². The number of anilines is 1. The molecule has 0 spiro atoms. The number of hydrogen-bond donors (Lipinski definition) is 3. The Morgan fingerprint density at radius 3 is 2.56 bits per heavy atom. The summed E-state index contributed by atoms with van der Waals surface area (Å²) >= 11 is 6.63. The summed E-state index contributed by atoms with van der Waals surface area (Å²) in [6, 6.07) is 16.0. The molecule has 2 aromatic rings. The molecule has 128 valence electrons. The van der Waals surface area contributed by atoms with Gasteiger partial charge in [0.25, 0.3) is 5.91 Å². The first-order valence-electron chi connectivity index (χ1n) is 7.45. The predicted molar refractivity (Wildman–Crippen MR) is 101 cm³/mol. The van der Waals surface area contributed by atoms with E-state index in [2.05, 4.69) is 10.7 Å². The van der Waals surface area contributed by atoms with Gasteiger partial charge in [-0.1, -0.05) is 36.4 Å². The van der Waals surface area contributed by atoms with Crippen molar-refractivity contribution in [3.8, 4) is 0 Å². The number of nitrogens with zero attached hydrogens (tertiary/aromatic N) is 1. The maximum Gasteiger partial charge on any atom is 0.336 e. The van der Waals surface area contributed by atoms with Crippen LogP contribution in [0.15, 0.2) is 54.6 Å². The highest BCUT2D eigenvalue weighted by molar-refractivity contribution is 8.00. The third-order valence-electron chi connectivity index (χ3n) is 3.58. The van der Waals surface area contributed by atoms with E-state index in [1.165, 1.54) is 22.8 Å². The number of carboxylic acids is 1. The summed E-state index contributed by atoms with van der Waals surface area (Å²) in [5.74, 6) is -0.938. The van der Waals surface area contributed by atoms with Gasteiger partial charge in [-0.25, -0.2) is 9.80 Å². The number of benzene rings is 2. The normalized spacial score (nSPS) is 16.6. The zero-order chi connectivity index (χ0) is 17.8. The van der Waals surface area contributed by atoms with Crippen LogP contribution in [0.2, 0.25) is 0 Å². The number of carbonyl (C=O) groups excluding carboxylic acids is 1. The number of thioether (sulfide) groups is 1. The first kappa shape index (κ1) is 17.2. The van der Waals surface area contributed by atoms with Crippen molar-refractivity contribution in [2.24, 2.45) is 0 Å². The lowest BCUT2D eigenvalue weighted by Gasteiger charge is -2.26. The van der Waals surface area contributed by atoms with Gasteiger partial charge in [-0.2, -0.15) is 0 Å². The molecule has 1 aliphatic rings. The molecule has 1 fully saturated rings. The van der Waals surface area contributed by atoms with Gasteiger partial charge in [0.15, 0.2) is 5.11 Å². The number of amides is 1. The van der Waals surface area contributed by atoms with Gasteiger partial charge in [0.2, 0.25) is 0 Å². The molecule has 2 aromatic carbocycles. The van der Waals surface area contributed by atoms with E-state index >= 15 is 0 Å². The lowest BCUT2D eigenvalue weighted by molar-refractivity contribution is -0.129. The maximum atomic E-state index is 12.2. The van der Waals surface area contributed by atoms with Gasteiger partial charge in [0.1, 0.15) is 5.37 Å². The molecular formula is C17H15N3O3S2. The number of carbonyl (C=O) groups is 2. The molecule has 3 N–H and O–H groups in total. The molecule has 25 heavy (non-hydrogen) atoms. The zero-order valence-electron chi connectivity index (χ0n) is 13.0. The molecule has 8 heteroatoms. The molecular weight excluding hydrogens is 358 g/mol. The van der Waals surface area contributed by atoms with Crippen molar-refractivity contribution in [3.05, 3.63) is 65.7 Å². The second-order valence-electron chi connectivity index (χ2n) is 5.25. The van der Waals surface area contributed by atoms with E-state index in [0.717, 1.165) is 5.69 Å². The number of aromatic carboxylic acids is 1. The minimum atomic E-state index is -1.03. The van der Waals surface area contributed by atoms with Gasteiger partial charge >= 0.3 is 5.97 Å². The zero-order valence-corrected chi connectivity index (χ0v) is 14.6. The molecule has 6 nitrogen and oxygen atoms in total. The van der Waals surface area contributed by atoms with Gasteiger partial charge in [-0.05, 0) is 30.4 Å². The van der Waals surface area contributed by atoms with Crippen molar-refractivity contribution >= 4 is 46.7 Å². The van der Waals surface area contributed by atoms with Gasteiger partial charge < -0.3 is 10.4 Å². The minimum absolute atomic E-state index is 0.160. The van der Waals surface area contributed by atoms with Crippen LogP contribution >= 0.6 is 24.0 Å². The highest BCUT2D eigenvalue weighted by atomic mass is 32.2. The monoisotopic (exact) mass is 373 g/mol. The third kappa shape index (κ3) is 3.92. The minimum Gasteiger partial charge on any atom is -0.478 e. The van der Waals surface area contributed by atoms with Gasteiger partial charge in [-0.15, -0.1) is 11.8 Å². The molecule has 1 unspecified atom stereocenters. The molecule has 1 aliphatic heterocycles. The summed E-state index contributed by atoms with van der Waals surface area (Å²) in [6.45, 7) is 0. The molecule has 0 saturated carbocycles. The Kier molecular flexibility index (Phi) is 5.20. The highest BCUT2D eigenvalue weighted by Crippen LogP contribution is 2.38. The Balaban J connectivity index is 1.79. The number of thiocarbonyl (C=S) groups is 1. The summed E-state index contributed by atoms with van der Waals surface area (Å²) in [5, 5.41) is 13.6. The molecule has 0 aliphatic carbocycles. The van der Waals surface area contributed by atoms with Gasteiger partial charge in [0.05, 0.1) is 11.3 Å². The fraction of sp³-hybridized carbons (Fsp3) is 0.118. The molecule has 1 heterocycles. The van der Waals surface area contributed by atoms with E-state index in [9.17, 15) is 14.7 Å². The smallest absolute Gasteiger partial charge is 0.336 e.